The average molecular weight is 1050 g/mol. The Morgan fingerprint density at radius 2 is 0.878 bits per heavy atom. The first-order chi connectivity index (χ1) is 35.9. The zero-order chi connectivity index (χ0) is 54.3. The smallest absolute Gasteiger partial charge is 0.456 e. The number of nitrogens with zero attached hydrogens (tertiary/aromatic N) is 1. The van der Waals surface area contributed by atoms with E-state index in [1.54, 1.807) is 0 Å². The van der Waals surface area contributed by atoms with Gasteiger partial charge in [-0.3, -0.25) is 18.6 Å². The van der Waals surface area contributed by atoms with Crippen molar-refractivity contribution in [3.05, 3.63) is 122 Å². The van der Waals surface area contributed by atoms with Crippen molar-refractivity contribution in [2.45, 2.75) is 232 Å². The molecule has 2 N–H and O–H groups in total. The number of rotatable bonds is 51. The van der Waals surface area contributed by atoms with Gasteiger partial charge in [-0.25, -0.2) is 4.57 Å². The van der Waals surface area contributed by atoms with Crippen LogP contribution in [0.15, 0.2) is 122 Å². The van der Waals surface area contributed by atoms with Gasteiger partial charge in [-0.2, -0.15) is 0 Å². The molecule has 0 radical (unpaired) electrons. The standard InChI is InChI=1S/C64H109N2O7P/c1-7-10-13-16-19-22-25-28-30-32-33-35-36-38-41-44-47-50-53-56-63(67)65-61(60-72-74(69,70)71-59-58-66(4,5)6)62(55-52-49-46-43-40-27-24-21-18-15-12-9-3)73-64(68)57-54-51-48-45-42-39-37-34-31-29-26-23-20-17-14-11-8-2/h10,13,19-20,22-23,28-31,33,35,37-39,41,45,48,52,55,61-62H,7-9,11-12,14-18,21,24-27,32,34,36,40,42-44,46-47,49-51,53-54,56-60H2,1-6H3,(H-,65,67,69,70)/p+1/b13-10-,22-19-,23-20-,30-28-,31-29-,35-33-,39-37-,41-38-,48-45-,55-52+. The van der Waals surface area contributed by atoms with E-state index in [1.165, 1.54) is 77.0 Å². The molecule has 0 aromatic carbocycles. The number of ether oxygens (including phenoxy) is 1. The minimum Gasteiger partial charge on any atom is -0.456 e. The van der Waals surface area contributed by atoms with Gasteiger partial charge in [0.15, 0.2) is 0 Å². The van der Waals surface area contributed by atoms with E-state index in [4.69, 9.17) is 13.8 Å². The maximum atomic E-state index is 13.5. The molecule has 0 aromatic heterocycles. The molecule has 422 valence electrons. The van der Waals surface area contributed by atoms with Crippen molar-refractivity contribution in [3.63, 3.8) is 0 Å². The highest BCUT2D eigenvalue weighted by Crippen LogP contribution is 2.43. The second-order valence-corrected chi connectivity index (χ2v) is 21.9. The van der Waals surface area contributed by atoms with Gasteiger partial charge in [0.05, 0.1) is 33.8 Å². The molecule has 0 aliphatic carbocycles. The molecule has 0 aromatic rings. The van der Waals surface area contributed by atoms with Gasteiger partial charge in [-0.15, -0.1) is 0 Å². The number of phosphoric ester groups is 1. The monoisotopic (exact) mass is 1050 g/mol. The Bertz CT molecular complexity index is 1680. The summed E-state index contributed by atoms with van der Waals surface area (Å²) in [6.07, 6.45) is 73.4. The third-order valence-electron chi connectivity index (χ3n) is 12.1. The van der Waals surface area contributed by atoms with Crippen molar-refractivity contribution in [3.8, 4) is 0 Å². The summed E-state index contributed by atoms with van der Waals surface area (Å²) in [5.41, 5.74) is 0. The fourth-order valence-corrected chi connectivity index (χ4v) is 8.34. The van der Waals surface area contributed by atoms with Crippen molar-refractivity contribution >= 4 is 19.7 Å². The lowest BCUT2D eigenvalue weighted by atomic mass is 10.1. The van der Waals surface area contributed by atoms with Crippen LogP contribution in [0, 0.1) is 0 Å². The largest absolute Gasteiger partial charge is 0.472 e. The highest BCUT2D eigenvalue weighted by Gasteiger charge is 2.30. The lowest BCUT2D eigenvalue weighted by Gasteiger charge is -2.27. The summed E-state index contributed by atoms with van der Waals surface area (Å²) in [5.74, 6) is -0.619. The Kier molecular flexibility index (Phi) is 50.3. The number of likely N-dealkylation sites (N-methyl/N-ethyl adjacent to an activating group) is 1. The van der Waals surface area contributed by atoms with Crippen LogP contribution >= 0.6 is 7.82 Å². The first kappa shape index (κ1) is 70.4. The summed E-state index contributed by atoms with van der Waals surface area (Å²) in [7, 11) is 1.42. The van der Waals surface area contributed by atoms with Gasteiger partial charge < -0.3 is 19.4 Å². The molecule has 0 heterocycles. The zero-order valence-corrected chi connectivity index (χ0v) is 48.9. The van der Waals surface area contributed by atoms with Gasteiger partial charge in [0.1, 0.15) is 19.3 Å². The molecule has 1 amide bonds. The number of carbonyl (C=O) groups is 2. The van der Waals surface area contributed by atoms with Crippen LogP contribution in [-0.4, -0.2) is 74.3 Å². The van der Waals surface area contributed by atoms with Crippen LogP contribution in [0.4, 0.5) is 0 Å². The molecule has 0 bridgehead atoms. The molecule has 0 saturated carbocycles. The second kappa shape index (κ2) is 52.8. The first-order valence-electron chi connectivity index (χ1n) is 29.4. The highest BCUT2D eigenvalue weighted by molar-refractivity contribution is 7.47. The molecule has 0 aliphatic heterocycles. The predicted molar refractivity (Wildman–Crippen MR) is 318 cm³/mol. The zero-order valence-electron chi connectivity index (χ0n) is 48.0. The third-order valence-corrected chi connectivity index (χ3v) is 13.1. The van der Waals surface area contributed by atoms with Gasteiger partial charge in [0.2, 0.25) is 5.91 Å². The number of hydrogen-bond donors (Lipinski definition) is 2. The Morgan fingerprint density at radius 3 is 1.35 bits per heavy atom. The third kappa shape index (κ3) is 53.2. The van der Waals surface area contributed by atoms with E-state index in [-0.39, 0.29) is 32.0 Å². The summed E-state index contributed by atoms with van der Waals surface area (Å²) in [6.45, 7) is 6.78. The molecule has 3 atom stereocenters. The molecule has 0 saturated heterocycles. The molecule has 10 heteroatoms. The van der Waals surface area contributed by atoms with E-state index in [1.807, 2.05) is 33.3 Å². The molecule has 9 nitrogen and oxygen atoms in total. The second-order valence-electron chi connectivity index (χ2n) is 20.4. The topological polar surface area (TPSA) is 111 Å². The maximum absolute atomic E-state index is 13.5. The fourth-order valence-electron chi connectivity index (χ4n) is 7.60. The quantitative estimate of drug-likeness (QED) is 0.0205. The van der Waals surface area contributed by atoms with E-state index >= 15 is 0 Å². The Morgan fingerprint density at radius 1 is 0.486 bits per heavy atom. The first-order valence-corrected chi connectivity index (χ1v) is 30.9. The Labute approximate surface area is 454 Å². The van der Waals surface area contributed by atoms with Crippen LogP contribution < -0.4 is 5.32 Å². The number of phosphoric acid groups is 1. The van der Waals surface area contributed by atoms with Gasteiger partial charge in [0, 0.05) is 12.8 Å². The molecule has 3 unspecified atom stereocenters. The summed E-state index contributed by atoms with van der Waals surface area (Å²) in [6, 6.07) is -0.896. The molecule has 0 rings (SSSR count). The molecular formula is C64H110N2O7P+. The van der Waals surface area contributed by atoms with E-state index in [0.29, 0.717) is 23.9 Å². The highest BCUT2D eigenvalue weighted by atomic mass is 31.2. The van der Waals surface area contributed by atoms with E-state index in [9.17, 15) is 19.0 Å². The fraction of sp³-hybridized carbons (Fsp3) is 0.656. The van der Waals surface area contributed by atoms with E-state index in [2.05, 4.69) is 135 Å². The number of allylic oxidation sites excluding steroid dienone is 19. The van der Waals surface area contributed by atoms with E-state index in [0.717, 1.165) is 96.3 Å². The van der Waals surface area contributed by atoms with Crippen molar-refractivity contribution in [1.29, 1.82) is 0 Å². The molecule has 0 spiro atoms. The number of amides is 1. The van der Waals surface area contributed by atoms with Crippen molar-refractivity contribution in [2.24, 2.45) is 0 Å². The van der Waals surface area contributed by atoms with Crippen LogP contribution in [0.25, 0.3) is 0 Å². The number of esters is 1. The Balaban J connectivity index is 5.49. The van der Waals surface area contributed by atoms with Crippen molar-refractivity contribution in [2.75, 3.05) is 40.9 Å². The molecule has 74 heavy (non-hydrogen) atoms. The summed E-state index contributed by atoms with van der Waals surface area (Å²) < 4.78 is 30.6. The minimum absolute atomic E-state index is 0.0184. The van der Waals surface area contributed by atoms with Gasteiger partial charge >= 0.3 is 13.8 Å². The normalized spacial score (nSPS) is 14.6. The van der Waals surface area contributed by atoms with Gasteiger partial charge in [-0.05, 0) is 115 Å². The number of hydrogen-bond acceptors (Lipinski definition) is 6. The van der Waals surface area contributed by atoms with Gasteiger partial charge in [0.25, 0.3) is 0 Å². The summed E-state index contributed by atoms with van der Waals surface area (Å²) >= 11 is 0. The van der Waals surface area contributed by atoms with Crippen LogP contribution in [0.1, 0.15) is 220 Å². The number of unbranched alkanes of at least 4 members (excludes halogenated alkanes) is 17. The lowest BCUT2D eigenvalue weighted by Crippen LogP contribution is -2.47. The minimum atomic E-state index is -4.48. The molecular weight excluding hydrogens is 940 g/mol. The number of carbonyl (C=O) groups excluding carboxylic acids is 2. The SMILES string of the molecule is CC/C=C\C/C=C\C/C=C\C/C=C\C/C=C\CCCCCC(=O)NC(COP(=O)(O)OCC[N+](C)(C)C)C(/C=C/CCCCCCCCCCCC)OC(=O)CCC/C=C\C/C=C\C/C=C\C/C=C\CCCCC. The average Bonchev–Trinajstić information content (AvgIpc) is 3.36. The van der Waals surface area contributed by atoms with Crippen LogP contribution in [0.3, 0.4) is 0 Å². The summed E-state index contributed by atoms with van der Waals surface area (Å²) in [4.78, 5) is 37.6. The summed E-state index contributed by atoms with van der Waals surface area (Å²) in [5, 5.41) is 3.01. The van der Waals surface area contributed by atoms with Crippen molar-refractivity contribution < 1.29 is 37.3 Å². The number of quaternary nitrogens is 1. The Hall–Kier alpha value is -3.59. The van der Waals surface area contributed by atoms with Crippen LogP contribution in [-0.2, 0) is 27.9 Å². The number of nitrogens with one attached hydrogen (secondary N) is 1. The van der Waals surface area contributed by atoms with Crippen molar-refractivity contribution in [1.82, 2.24) is 5.32 Å². The molecule has 0 fully saturated rings. The molecule has 0 aliphatic rings. The lowest BCUT2D eigenvalue weighted by molar-refractivity contribution is -0.870. The van der Waals surface area contributed by atoms with E-state index < -0.39 is 25.9 Å². The van der Waals surface area contributed by atoms with Crippen LogP contribution in [0.2, 0.25) is 0 Å². The van der Waals surface area contributed by atoms with Gasteiger partial charge in [-0.1, -0.05) is 213 Å². The van der Waals surface area contributed by atoms with Crippen LogP contribution in [0.5, 0.6) is 0 Å². The maximum Gasteiger partial charge on any atom is 0.472 e. The predicted octanol–water partition coefficient (Wildman–Crippen LogP) is 17.9.